The van der Waals surface area contributed by atoms with Crippen LogP contribution >= 0.6 is 0 Å². The highest BCUT2D eigenvalue weighted by molar-refractivity contribution is 6.01. The van der Waals surface area contributed by atoms with E-state index in [2.05, 4.69) is 20.6 Å². The van der Waals surface area contributed by atoms with Crippen LogP contribution in [0.4, 0.5) is 6.01 Å². The van der Waals surface area contributed by atoms with Crippen LogP contribution in [0.15, 0.2) is 34.9 Å². The highest BCUT2D eigenvalue weighted by atomic mass is 16.5. The summed E-state index contributed by atoms with van der Waals surface area (Å²) in [4.78, 5) is 12.4. The summed E-state index contributed by atoms with van der Waals surface area (Å²) in [5.74, 6) is 0.980. The van der Waals surface area contributed by atoms with Gasteiger partial charge in [-0.25, -0.2) is 0 Å². The van der Waals surface area contributed by atoms with Gasteiger partial charge in [-0.1, -0.05) is 5.10 Å². The number of ether oxygens (including phenoxy) is 2. The summed E-state index contributed by atoms with van der Waals surface area (Å²) in [6.45, 7) is 3.87. The zero-order valence-corrected chi connectivity index (χ0v) is 14.9. The van der Waals surface area contributed by atoms with Crippen molar-refractivity contribution in [3.63, 3.8) is 0 Å². The van der Waals surface area contributed by atoms with Crippen molar-refractivity contribution >= 4 is 11.9 Å². The average Bonchev–Trinajstić information content (AvgIpc) is 3.30. The maximum absolute atomic E-state index is 12.4. The fraction of sp³-hybridized carbons (Fsp3) is 0.294. The van der Waals surface area contributed by atoms with Gasteiger partial charge in [-0.05, 0) is 38.1 Å². The first-order chi connectivity index (χ1) is 12.5. The zero-order valence-electron chi connectivity index (χ0n) is 14.9. The molecule has 0 bridgehead atoms. The minimum Gasteiger partial charge on any atom is -0.497 e. The molecule has 136 valence electrons. The molecule has 3 rings (SSSR count). The molecular weight excluding hydrogens is 338 g/mol. The lowest BCUT2D eigenvalue weighted by Gasteiger charge is -2.09. The molecule has 0 saturated heterocycles. The van der Waals surface area contributed by atoms with Gasteiger partial charge in [0.25, 0.3) is 11.8 Å². The number of rotatable bonds is 6. The van der Waals surface area contributed by atoms with Crippen LogP contribution < -0.4 is 14.8 Å². The van der Waals surface area contributed by atoms with Crippen LogP contribution in [0.5, 0.6) is 11.5 Å². The van der Waals surface area contributed by atoms with Crippen molar-refractivity contribution in [2.75, 3.05) is 19.5 Å². The molecular formula is C17H19N5O4. The van der Waals surface area contributed by atoms with Crippen LogP contribution in [0, 0.1) is 0 Å². The molecule has 9 heteroatoms. The normalized spacial score (nSPS) is 10.8. The second-order valence-electron chi connectivity index (χ2n) is 5.69. The molecule has 0 aliphatic rings. The number of aromatic nitrogens is 4. The zero-order chi connectivity index (χ0) is 18.7. The van der Waals surface area contributed by atoms with Crippen molar-refractivity contribution in [3.05, 3.63) is 36.2 Å². The summed E-state index contributed by atoms with van der Waals surface area (Å²) < 4.78 is 17.7. The van der Waals surface area contributed by atoms with Crippen molar-refractivity contribution in [3.8, 4) is 23.0 Å². The third-order valence-electron chi connectivity index (χ3n) is 3.67. The van der Waals surface area contributed by atoms with E-state index in [-0.39, 0.29) is 23.9 Å². The number of amides is 1. The van der Waals surface area contributed by atoms with Crippen molar-refractivity contribution in [2.45, 2.75) is 19.9 Å². The molecule has 0 fully saturated rings. The molecule has 3 aromatic rings. The monoisotopic (exact) mass is 357 g/mol. The highest BCUT2D eigenvalue weighted by Gasteiger charge is 2.19. The van der Waals surface area contributed by atoms with E-state index in [1.165, 1.54) is 7.11 Å². The van der Waals surface area contributed by atoms with Crippen LogP contribution in [0.25, 0.3) is 11.5 Å². The molecule has 1 amide bonds. The lowest BCUT2D eigenvalue weighted by molar-refractivity contribution is 0.101. The molecule has 9 nitrogen and oxygen atoms in total. The summed E-state index contributed by atoms with van der Waals surface area (Å²) in [7, 11) is 3.10. The maximum Gasteiger partial charge on any atom is 0.322 e. The number of anilines is 1. The standard InChI is InChI=1S/C17H19N5O4/c1-10(2)22-13(7-8-18-22)15(23)19-17-21-20-16(26-17)12-9-11(24-3)5-6-14(12)25-4/h5-10H,1-4H3,(H,19,21,23). The summed E-state index contributed by atoms with van der Waals surface area (Å²) >= 11 is 0. The highest BCUT2D eigenvalue weighted by Crippen LogP contribution is 2.33. The second kappa shape index (κ2) is 7.26. The minimum absolute atomic E-state index is 0.0219. The fourth-order valence-corrected chi connectivity index (χ4v) is 2.43. The van der Waals surface area contributed by atoms with Gasteiger partial charge in [-0.15, -0.1) is 5.10 Å². The number of methoxy groups -OCH3 is 2. The molecule has 2 heterocycles. The number of hydrogen-bond acceptors (Lipinski definition) is 7. The quantitative estimate of drug-likeness (QED) is 0.723. The molecule has 0 unspecified atom stereocenters. The maximum atomic E-state index is 12.4. The summed E-state index contributed by atoms with van der Waals surface area (Å²) in [6, 6.07) is 6.85. The Balaban J connectivity index is 1.84. The van der Waals surface area contributed by atoms with E-state index in [0.717, 1.165) is 0 Å². The SMILES string of the molecule is COc1ccc(OC)c(-c2nnc(NC(=O)c3ccnn3C(C)C)o2)c1. The van der Waals surface area contributed by atoms with E-state index >= 15 is 0 Å². The van der Waals surface area contributed by atoms with Gasteiger partial charge in [0.15, 0.2) is 0 Å². The lowest BCUT2D eigenvalue weighted by Crippen LogP contribution is -2.19. The Labute approximate surface area is 149 Å². The van der Waals surface area contributed by atoms with Gasteiger partial charge in [0.2, 0.25) is 0 Å². The third kappa shape index (κ3) is 3.37. The van der Waals surface area contributed by atoms with Gasteiger partial charge >= 0.3 is 6.01 Å². The van der Waals surface area contributed by atoms with Crippen molar-refractivity contribution < 1.29 is 18.7 Å². The topological polar surface area (TPSA) is 104 Å². The molecule has 1 aromatic carbocycles. The van der Waals surface area contributed by atoms with E-state index in [1.54, 1.807) is 42.3 Å². The molecule has 0 radical (unpaired) electrons. The van der Waals surface area contributed by atoms with Gasteiger partial charge in [0.1, 0.15) is 17.2 Å². The third-order valence-corrected chi connectivity index (χ3v) is 3.67. The Morgan fingerprint density at radius 2 is 2.00 bits per heavy atom. The number of nitrogens with one attached hydrogen (secondary N) is 1. The number of hydrogen-bond donors (Lipinski definition) is 1. The van der Waals surface area contributed by atoms with Crippen LogP contribution in [-0.2, 0) is 0 Å². The molecule has 0 aliphatic heterocycles. The van der Waals surface area contributed by atoms with E-state index in [9.17, 15) is 4.79 Å². The van der Waals surface area contributed by atoms with Gasteiger partial charge in [-0.2, -0.15) is 5.10 Å². The van der Waals surface area contributed by atoms with E-state index < -0.39 is 0 Å². The van der Waals surface area contributed by atoms with Crippen molar-refractivity contribution in [2.24, 2.45) is 0 Å². The van der Waals surface area contributed by atoms with Crippen molar-refractivity contribution in [1.82, 2.24) is 20.0 Å². The summed E-state index contributed by atoms with van der Waals surface area (Å²) in [6.07, 6.45) is 1.56. The van der Waals surface area contributed by atoms with E-state index in [0.29, 0.717) is 22.8 Å². The van der Waals surface area contributed by atoms with Gasteiger partial charge < -0.3 is 13.9 Å². The van der Waals surface area contributed by atoms with Crippen LogP contribution in [0.1, 0.15) is 30.4 Å². The molecule has 0 saturated carbocycles. The molecule has 0 spiro atoms. The van der Waals surface area contributed by atoms with E-state index in [1.807, 2.05) is 13.8 Å². The van der Waals surface area contributed by atoms with Crippen LogP contribution in [0.2, 0.25) is 0 Å². The molecule has 0 aliphatic carbocycles. The molecule has 1 N–H and O–H groups in total. The fourth-order valence-electron chi connectivity index (χ4n) is 2.43. The number of carbonyl (C=O) groups excluding carboxylic acids is 1. The number of carbonyl (C=O) groups is 1. The summed E-state index contributed by atoms with van der Waals surface area (Å²) in [5.41, 5.74) is 0.964. The smallest absolute Gasteiger partial charge is 0.322 e. The van der Waals surface area contributed by atoms with E-state index in [4.69, 9.17) is 13.9 Å². The van der Waals surface area contributed by atoms with Gasteiger partial charge in [0, 0.05) is 12.2 Å². The van der Waals surface area contributed by atoms with Crippen LogP contribution in [0.3, 0.4) is 0 Å². The first-order valence-electron chi connectivity index (χ1n) is 7.94. The molecule has 26 heavy (non-hydrogen) atoms. The van der Waals surface area contributed by atoms with Gasteiger partial charge in [0.05, 0.1) is 19.8 Å². The largest absolute Gasteiger partial charge is 0.497 e. The Morgan fingerprint density at radius 3 is 2.69 bits per heavy atom. The first kappa shape index (κ1) is 17.5. The lowest BCUT2D eigenvalue weighted by atomic mass is 10.2. The first-order valence-corrected chi connectivity index (χ1v) is 7.94. The number of nitrogens with zero attached hydrogens (tertiary/aromatic N) is 4. The van der Waals surface area contributed by atoms with Gasteiger partial charge in [-0.3, -0.25) is 14.8 Å². The Morgan fingerprint density at radius 1 is 1.19 bits per heavy atom. The second-order valence-corrected chi connectivity index (χ2v) is 5.69. The predicted octanol–water partition coefficient (Wildman–Crippen LogP) is 2.78. The van der Waals surface area contributed by atoms with Crippen molar-refractivity contribution in [1.29, 1.82) is 0 Å². The molecule has 0 atom stereocenters. The molecule has 2 aromatic heterocycles. The Bertz CT molecular complexity index is 916. The Hall–Kier alpha value is -3.36. The summed E-state index contributed by atoms with van der Waals surface area (Å²) in [5, 5.41) is 14.6. The van der Waals surface area contributed by atoms with Crippen LogP contribution in [-0.4, -0.2) is 40.1 Å². The Kier molecular flexibility index (Phi) is 4.87. The number of benzene rings is 1. The predicted molar refractivity (Wildman–Crippen MR) is 93.4 cm³/mol. The minimum atomic E-state index is -0.385. The average molecular weight is 357 g/mol.